The van der Waals surface area contributed by atoms with Crippen LogP contribution in [0, 0.1) is 5.41 Å². The van der Waals surface area contributed by atoms with Gasteiger partial charge in [-0.15, -0.1) is 12.4 Å². The van der Waals surface area contributed by atoms with Gasteiger partial charge in [-0.3, -0.25) is 9.59 Å². The first-order valence-corrected chi connectivity index (χ1v) is 10.1. The number of amides is 2. The third-order valence-corrected chi connectivity index (χ3v) is 4.86. The first-order valence-electron chi connectivity index (χ1n) is 10.1. The summed E-state index contributed by atoms with van der Waals surface area (Å²) in [7, 11) is 0. The number of hydrogen-bond acceptors (Lipinski definition) is 3. The van der Waals surface area contributed by atoms with Crippen molar-refractivity contribution in [2.75, 3.05) is 6.54 Å². The summed E-state index contributed by atoms with van der Waals surface area (Å²) in [5.74, 6) is 0.309. The lowest BCUT2D eigenvalue weighted by molar-refractivity contribution is -0.128. The van der Waals surface area contributed by atoms with Crippen LogP contribution in [0.15, 0.2) is 48.5 Å². The van der Waals surface area contributed by atoms with Crippen LogP contribution in [-0.4, -0.2) is 18.4 Å². The van der Waals surface area contributed by atoms with Crippen molar-refractivity contribution in [1.82, 2.24) is 10.6 Å². The standard InChI is InChI=1S/C24H33N3O2.ClH/c1-16(2)18-10-12-19(13-11-18)21(25)15-26-22(28)20-8-6-17(7-9-20)14-27-23(29)24(3,4)5;/h6-13,16,21H,14-15,25H2,1-5H3,(H,26,28)(H,27,29);1H. The Kier molecular flexibility index (Phi) is 9.53. The predicted molar refractivity (Wildman–Crippen MR) is 125 cm³/mol. The highest BCUT2D eigenvalue weighted by molar-refractivity contribution is 5.94. The van der Waals surface area contributed by atoms with Crippen LogP contribution < -0.4 is 16.4 Å². The van der Waals surface area contributed by atoms with E-state index in [1.54, 1.807) is 12.1 Å². The minimum atomic E-state index is -0.423. The van der Waals surface area contributed by atoms with Crippen molar-refractivity contribution in [3.8, 4) is 0 Å². The molecular formula is C24H34ClN3O2. The molecule has 5 nitrogen and oxygen atoms in total. The normalized spacial score (nSPS) is 12.1. The summed E-state index contributed by atoms with van der Waals surface area (Å²) in [6.45, 7) is 10.7. The summed E-state index contributed by atoms with van der Waals surface area (Å²) < 4.78 is 0. The highest BCUT2D eigenvalue weighted by Gasteiger charge is 2.20. The van der Waals surface area contributed by atoms with Crippen molar-refractivity contribution in [2.45, 2.75) is 53.1 Å². The molecule has 164 valence electrons. The zero-order valence-electron chi connectivity index (χ0n) is 18.5. The number of rotatable bonds is 7. The van der Waals surface area contributed by atoms with Crippen LogP contribution in [0.1, 0.15) is 73.6 Å². The number of hydrogen-bond donors (Lipinski definition) is 3. The molecule has 1 unspecified atom stereocenters. The SMILES string of the molecule is CC(C)c1ccc(C(N)CNC(=O)c2ccc(CNC(=O)C(C)(C)C)cc2)cc1.Cl. The third kappa shape index (κ3) is 7.47. The van der Waals surface area contributed by atoms with Gasteiger partial charge in [0.15, 0.2) is 0 Å². The van der Waals surface area contributed by atoms with Gasteiger partial charge in [-0.2, -0.15) is 0 Å². The summed E-state index contributed by atoms with van der Waals surface area (Å²) in [4.78, 5) is 24.3. The van der Waals surface area contributed by atoms with Crippen LogP contribution in [-0.2, 0) is 11.3 Å². The molecule has 0 aromatic heterocycles. The van der Waals surface area contributed by atoms with E-state index in [-0.39, 0.29) is 30.3 Å². The van der Waals surface area contributed by atoms with Crippen LogP contribution >= 0.6 is 12.4 Å². The second kappa shape index (κ2) is 11.1. The Balaban J connectivity index is 0.00000450. The van der Waals surface area contributed by atoms with E-state index in [0.717, 1.165) is 11.1 Å². The van der Waals surface area contributed by atoms with Gasteiger partial charge < -0.3 is 16.4 Å². The highest BCUT2D eigenvalue weighted by atomic mass is 35.5. The molecule has 1 atom stereocenters. The Hall–Kier alpha value is -2.37. The Morgan fingerprint density at radius 1 is 0.900 bits per heavy atom. The molecule has 0 saturated heterocycles. The van der Waals surface area contributed by atoms with Crippen LogP contribution in [0.25, 0.3) is 0 Å². The van der Waals surface area contributed by atoms with Crippen molar-refractivity contribution in [2.24, 2.45) is 11.1 Å². The van der Waals surface area contributed by atoms with Gasteiger partial charge >= 0.3 is 0 Å². The molecule has 0 saturated carbocycles. The summed E-state index contributed by atoms with van der Waals surface area (Å²) in [6, 6.07) is 15.2. The molecule has 2 amide bonds. The number of halogens is 1. The maximum atomic E-state index is 12.4. The number of carbonyl (C=O) groups is 2. The molecule has 2 aromatic carbocycles. The smallest absolute Gasteiger partial charge is 0.251 e. The molecule has 0 fully saturated rings. The number of nitrogens with one attached hydrogen (secondary N) is 2. The molecule has 0 spiro atoms. The van der Waals surface area contributed by atoms with Crippen molar-refractivity contribution in [3.63, 3.8) is 0 Å². The molecule has 0 radical (unpaired) electrons. The summed E-state index contributed by atoms with van der Waals surface area (Å²) in [5, 5.41) is 5.79. The Morgan fingerprint density at radius 3 is 1.93 bits per heavy atom. The first kappa shape index (κ1) is 25.7. The maximum Gasteiger partial charge on any atom is 0.251 e. The van der Waals surface area contributed by atoms with Gasteiger partial charge in [0.25, 0.3) is 5.91 Å². The molecule has 2 rings (SSSR count). The van der Waals surface area contributed by atoms with E-state index in [1.807, 2.05) is 45.0 Å². The average Bonchev–Trinajstić information content (AvgIpc) is 2.69. The van der Waals surface area contributed by atoms with E-state index in [0.29, 0.717) is 24.6 Å². The number of benzene rings is 2. The monoisotopic (exact) mass is 431 g/mol. The summed E-state index contributed by atoms with van der Waals surface area (Å²) in [5.41, 5.74) is 9.58. The molecule has 0 bridgehead atoms. The van der Waals surface area contributed by atoms with Crippen LogP contribution in [0.2, 0.25) is 0 Å². The fourth-order valence-corrected chi connectivity index (χ4v) is 2.77. The zero-order valence-corrected chi connectivity index (χ0v) is 19.3. The Morgan fingerprint density at radius 2 is 1.43 bits per heavy atom. The topological polar surface area (TPSA) is 84.2 Å². The summed E-state index contributed by atoms with van der Waals surface area (Å²) in [6.07, 6.45) is 0. The van der Waals surface area contributed by atoms with Gasteiger partial charge in [0.1, 0.15) is 0 Å². The molecular weight excluding hydrogens is 398 g/mol. The molecule has 30 heavy (non-hydrogen) atoms. The molecule has 0 aliphatic rings. The lowest BCUT2D eigenvalue weighted by atomic mass is 9.95. The minimum absolute atomic E-state index is 0. The van der Waals surface area contributed by atoms with Gasteiger partial charge in [0.05, 0.1) is 0 Å². The second-order valence-electron chi connectivity index (χ2n) is 8.77. The fraction of sp³-hybridized carbons (Fsp3) is 0.417. The average molecular weight is 432 g/mol. The molecule has 6 heteroatoms. The molecule has 0 heterocycles. The molecule has 0 aliphatic carbocycles. The van der Waals surface area contributed by atoms with Gasteiger partial charge in [0, 0.05) is 30.1 Å². The number of carbonyl (C=O) groups excluding carboxylic acids is 2. The van der Waals surface area contributed by atoms with E-state index < -0.39 is 5.41 Å². The van der Waals surface area contributed by atoms with Crippen LogP contribution in [0.5, 0.6) is 0 Å². The molecule has 2 aromatic rings. The number of nitrogens with two attached hydrogens (primary N) is 1. The van der Waals surface area contributed by atoms with Gasteiger partial charge in [-0.25, -0.2) is 0 Å². The fourth-order valence-electron chi connectivity index (χ4n) is 2.77. The maximum absolute atomic E-state index is 12.4. The van der Waals surface area contributed by atoms with Gasteiger partial charge in [-0.1, -0.05) is 71.0 Å². The van der Waals surface area contributed by atoms with E-state index in [4.69, 9.17) is 5.73 Å². The molecule has 0 aliphatic heterocycles. The zero-order chi connectivity index (χ0) is 21.6. The van der Waals surface area contributed by atoms with E-state index >= 15 is 0 Å². The quantitative estimate of drug-likeness (QED) is 0.610. The summed E-state index contributed by atoms with van der Waals surface area (Å²) >= 11 is 0. The third-order valence-electron chi connectivity index (χ3n) is 4.86. The van der Waals surface area contributed by atoms with Crippen molar-refractivity contribution >= 4 is 24.2 Å². The minimum Gasteiger partial charge on any atom is -0.352 e. The van der Waals surface area contributed by atoms with Gasteiger partial charge in [-0.05, 0) is 34.7 Å². The van der Waals surface area contributed by atoms with Crippen molar-refractivity contribution in [1.29, 1.82) is 0 Å². The molecule has 4 N–H and O–H groups in total. The second-order valence-corrected chi connectivity index (χ2v) is 8.77. The van der Waals surface area contributed by atoms with Crippen LogP contribution in [0.4, 0.5) is 0 Å². The largest absolute Gasteiger partial charge is 0.352 e. The first-order chi connectivity index (χ1) is 13.6. The van der Waals surface area contributed by atoms with E-state index in [9.17, 15) is 9.59 Å². The lowest BCUT2D eigenvalue weighted by Gasteiger charge is -2.17. The van der Waals surface area contributed by atoms with E-state index in [2.05, 4.69) is 36.6 Å². The van der Waals surface area contributed by atoms with E-state index in [1.165, 1.54) is 5.56 Å². The van der Waals surface area contributed by atoms with Crippen molar-refractivity contribution in [3.05, 3.63) is 70.8 Å². The highest BCUT2D eigenvalue weighted by Crippen LogP contribution is 2.17. The van der Waals surface area contributed by atoms with Crippen LogP contribution in [0.3, 0.4) is 0 Å². The van der Waals surface area contributed by atoms with Crippen molar-refractivity contribution < 1.29 is 9.59 Å². The predicted octanol–water partition coefficient (Wildman–Crippen LogP) is 4.32. The Bertz CT molecular complexity index is 825. The lowest BCUT2D eigenvalue weighted by Crippen LogP contribution is -2.34. The van der Waals surface area contributed by atoms with Gasteiger partial charge in [0.2, 0.25) is 5.91 Å². The Labute approximate surface area is 186 Å².